The van der Waals surface area contributed by atoms with Gasteiger partial charge < -0.3 is 11.1 Å². The molecule has 4 nitrogen and oxygen atoms in total. The first kappa shape index (κ1) is 9.33. The fourth-order valence-corrected chi connectivity index (χ4v) is 0.991. The highest BCUT2D eigenvalue weighted by Gasteiger charge is 2.03. The second-order valence-corrected chi connectivity index (χ2v) is 3.07. The molecule has 0 aliphatic rings. The Morgan fingerprint density at radius 1 is 1.62 bits per heavy atom. The summed E-state index contributed by atoms with van der Waals surface area (Å²) in [6.45, 7) is 4.00. The van der Waals surface area contributed by atoms with Crippen molar-refractivity contribution in [2.24, 2.45) is 0 Å². The maximum atomic E-state index is 8.75. The third-order valence-electron chi connectivity index (χ3n) is 1.49. The Kier molecular flexibility index (Phi) is 2.70. The smallest absolute Gasteiger partial charge is 0.125 e. The predicted octanol–water partition coefficient (Wildman–Crippen LogP) is 1.36. The molecule has 1 heterocycles. The van der Waals surface area contributed by atoms with Crippen molar-refractivity contribution < 1.29 is 0 Å². The molecule has 1 rings (SSSR count). The zero-order chi connectivity index (χ0) is 9.84. The number of anilines is 2. The van der Waals surface area contributed by atoms with E-state index in [1.807, 2.05) is 19.9 Å². The Bertz CT molecular complexity index is 338. The Labute approximate surface area is 77.4 Å². The molecule has 13 heavy (non-hydrogen) atoms. The van der Waals surface area contributed by atoms with Crippen LogP contribution >= 0.6 is 0 Å². The number of nitrogens with zero attached hydrogens (tertiary/aromatic N) is 2. The molecular weight excluding hydrogens is 164 g/mol. The summed E-state index contributed by atoms with van der Waals surface area (Å²) < 4.78 is 0. The van der Waals surface area contributed by atoms with Gasteiger partial charge in [-0.3, -0.25) is 0 Å². The van der Waals surface area contributed by atoms with E-state index in [0.717, 1.165) is 5.69 Å². The topological polar surface area (TPSA) is 74.7 Å². The Hall–Kier alpha value is -1.76. The number of hydrogen-bond donors (Lipinski definition) is 2. The van der Waals surface area contributed by atoms with E-state index in [9.17, 15) is 0 Å². The normalized spacial score (nSPS) is 9.69. The lowest BCUT2D eigenvalue weighted by Gasteiger charge is -2.11. The van der Waals surface area contributed by atoms with Crippen molar-refractivity contribution in [1.29, 1.82) is 5.26 Å². The van der Waals surface area contributed by atoms with Gasteiger partial charge in [0.05, 0.1) is 11.3 Å². The van der Waals surface area contributed by atoms with E-state index in [1.165, 1.54) is 6.20 Å². The molecule has 0 radical (unpaired) electrons. The molecule has 1 aromatic heterocycles. The minimum Gasteiger partial charge on any atom is -0.384 e. The first-order valence-electron chi connectivity index (χ1n) is 4.05. The zero-order valence-corrected chi connectivity index (χ0v) is 7.70. The van der Waals surface area contributed by atoms with Crippen LogP contribution in [0, 0.1) is 11.3 Å². The molecule has 0 amide bonds. The first-order valence-corrected chi connectivity index (χ1v) is 4.05. The summed E-state index contributed by atoms with van der Waals surface area (Å²) in [5, 5.41) is 11.9. The van der Waals surface area contributed by atoms with Gasteiger partial charge in [0.15, 0.2) is 0 Å². The highest BCUT2D eigenvalue weighted by molar-refractivity contribution is 5.60. The molecule has 0 atom stereocenters. The average molecular weight is 176 g/mol. The number of nitrogen functional groups attached to an aromatic ring is 1. The van der Waals surface area contributed by atoms with Crippen LogP contribution in [0.2, 0.25) is 0 Å². The van der Waals surface area contributed by atoms with Crippen LogP contribution in [0.3, 0.4) is 0 Å². The van der Waals surface area contributed by atoms with E-state index >= 15 is 0 Å². The highest BCUT2D eigenvalue weighted by atomic mass is 14.9. The molecule has 68 valence electrons. The van der Waals surface area contributed by atoms with Crippen LogP contribution in [-0.2, 0) is 0 Å². The van der Waals surface area contributed by atoms with Crippen LogP contribution in [0.4, 0.5) is 11.5 Å². The molecule has 0 aliphatic heterocycles. The Morgan fingerprint density at radius 3 is 2.85 bits per heavy atom. The Morgan fingerprint density at radius 2 is 2.31 bits per heavy atom. The summed E-state index contributed by atoms with van der Waals surface area (Å²) in [5.74, 6) is 0.419. The minimum absolute atomic E-state index is 0.272. The molecule has 0 saturated carbocycles. The zero-order valence-electron chi connectivity index (χ0n) is 7.70. The maximum absolute atomic E-state index is 8.75. The largest absolute Gasteiger partial charge is 0.384 e. The van der Waals surface area contributed by atoms with Crippen molar-refractivity contribution in [1.82, 2.24) is 4.98 Å². The van der Waals surface area contributed by atoms with Crippen molar-refractivity contribution in [3.8, 4) is 6.07 Å². The van der Waals surface area contributed by atoms with Crippen molar-refractivity contribution >= 4 is 11.5 Å². The van der Waals surface area contributed by atoms with Gasteiger partial charge in [-0.15, -0.1) is 0 Å². The summed E-state index contributed by atoms with van der Waals surface area (Å²) >= 11 is 0. The van der Waals surface area contributed by atoms with Crippen LogP contribution in [0.1, 0.15) is 19.4 Å². The first-order chi connectivity index (χ1) is 6.13. The van der Waals surface area contributed by atoms with Crippen molar-refractivity contribution in [2.45, 2.75) is 19.9 Å². The van der Waals surface area contributed by atoms with E-state index in [-0.39, 0.29) is 6.04 Å². The van der Waals surface area contributed by atoms with Crippen molar-refractivity contribution in [3.05, 3.63) is 17.8 Å². The molecule has 0 unspecified atom stereocenters. The van der Waals surface area contributed by atoms with E-state index < -0.39 is 0 Å². The van der Waals surface area contributed by atoms with E-state index in [1.54, 1.807) is 6.07 Å². The van der Waals surface area contributed by atoms with Crippen molar-refractivity contribution in [3.63, 3.8) is 0 Å². The number of hydrogen-bond acceptors (Lipinski definition) is 4. The van der Waals surface area contributed by atoms with Gasteiger partial charge in [0.2, 0.25) is 0 Å². The van der Waals surface area contributed by atoms with Crippen LogP contribution in [0.5, 0.6) is 0 Å². The average Bonchev–Trinajstić information content (AvgIpc) is 2.03. The minimum atomic E-state index is 0.272. The van der Waals surface area contributed by atoms with Gasteiger partial charge in [0, 0.05) is 18.3 Å². The molecule has 0 bridgehead atoms. The second-order valence-electron chi connectivity index (χ2n) is 3.07. The molecule has 0 aromatic carbocycles. The summed E-state index contributed by atoms with van der Waals surface area (Å²) in [6, 6.07) is 3.98. The van der Waals surface area contributed by atoms with Gasteiger partial charge in [0.1, 0.15) is 11.9 Å². The third-order valence-corrected chi connectivity index (χ3v) is 1.49. The predicted molar refractivity (Wildman–Crippen MR) is 52.1 cm³/mol. The van der Waals surface area contributed by atoms with Gasteiger partial charge in [-0.25, -0.2) is 4.98 Å². The number of nitriles is 1. The lowest BCUT2D eigenvalue weighted by atomic mass is 10.2. The molecule has 1 aromatic rings. The second kappa shape index (κ2) is 3.76. The van der Waals surface area contributed by atoms with Crippen LogP contribution in [-0.4, -0.2) is 11.0 Å². The van der Waals surface area contributed by atoms with E-state index in [0.29, 0.717) is 11.4 Å². The molecule has 0 fully saturated rings. The fourth-order valence-electron chi connectivity index (χ4n) is 0.991. The van der Waals surface area contributed by atoms with Gasteiger partial charge in [-0.05, 0) is 13.8 Å². The van der Waals surface area contributed by atoms with Gasteiger partial charge in [0.25, 0.3) is 0 Å². The molecule has 4 heteroatoms. The standard InChI is InChI=1S/C9H12N4/c1-6(2)13-8-3-9(11)12-5-7(8)4-10/h3,5-6H,1-2H3,(H3,11,12,13). The number of aromatic nitrogens is 1. The molecule has 3 N–H and O–H groups in total. The SMILES string of the molecule is CC(C)Nc1cc(N)ncc1C#N. The number of nitrogens with one attached hydrogen (secondary N) is 1. The van der Waals surface area contributed by atoms with Gasteiger partial charge >= 0.3 is 0 Å². The van der Waals surface area contributed by atoms with Crippen LogP contribution in [0.25, 0.3) is 0 Å². The van der Waals surface area contributed by atoms with Crippen molar-refractivity contribution in [2.75, 3.05) is 11.1 Å². The highest BCUT2D eigenvalue weighted by Crippen LogP contribution is 2.16. The third kappa shape index (κ3) is 2.34. The molecule has 0 spiro atoms. The van der Waals surface area contributed by atoms with Crippen LogP contribution in [0.15, 0.2) is 12.3 Å². The number of rotatable bonds is 2. The molecule has 0 saturated heterocycles. The fraction of sp³-hybridized carbons (Fsp3) is 0.333. The summed E-state index contributed by atoms with van der Waals surface area (Å²) in [5.41, 5.74) is 6.75. The summed E-state index contributed by atoms with van der Waals surface area (Å²) in [7, 11) is 0. The summed E-state index contributed by atoms with van der Waals surface area (Å²) in [4.78, 5) is 3.83. The number of pyridine rings is 1. The number of nitrogens with two attached hydrogens (primary N) is 1. The monoisotopic (exact) mass is 176 g/mol. The Balaban J connectivity index is 3.03. The van der Waals surface area contributed by atoms with E-state index in [4.69, 9.17) is 11.0 Å². The quantitative estimate of drug-likeness (QED) is 0.713. The van der Waals surface area contributed by atoms with Gasteiger partial charge in [-0.1, -0.05) is 0 Å². The lowest BCUT2D eigenvalue weighted by molar-refractivity contribution is 0.898. The van der Waals surface area contributed by atoms with E-state index in [2.05, 4.69) is 10.3 Å². The lowest BCUT2D eigenvalue weighted by Crippen LogP contribution is -2.11. The molecule has 0 aliphatic carbocycles. The molecular formula is C9H12N4. The maximum Gasteiger partial charge on any atom is 0.125 e. The van der Waals surface area contributed by atoms with Gasteiger partial charge in [-0.2, -0.15) is 5.26 Å². The van der Waals surface area contributed by atoms with Crippen LogP contribution < -0.4 is 11.1 Å². The summed E-state index contributed by atoms with van der Waals surface area (Å²) in [6.07, 6.45) is 1.47.